The molecule has 20 heavy (non-hydrogen) atoms. The van der Waals surface area contributed by atoms with Gasteiger partial charge in [-0.15, -0.1) is 24.0 Å². The first kappa shape index (κ1) is 19.8. The highest BCUT2D eigenvalue weighted by Crippen LogP contribution is 2.17. The molecule has 1 aliphatic rings. The molecule has 0 aliphatic heterocycles. The van der Waals surface area contributed by atoms with Crippen molar-refractivity contribution in [1.29, 1.82) is 0 Å². The van der Waals surface area contributed by atoms with Crippen LogP contribution in [-0.2, 0) is 4.74 Å². The first-order chi connectivity index (χ1) is 9.01. The molecule has 0 radical (unpaired) electrons. The highest BCUT2D eigenvalue weighted by molar-refractivity contribution is 14.0. The topological polar surface area (TPSA) is 45.7 Å². The van der Waals surface area contributed by atoms with Gasteiger partial charge < -0.3 is 15.4 Å². The number of guanidine groups is 1. The van der Waals surface area contributed by atoms with Gasteiger partial charge in [-0.3, -0.25) is 4.99 Å². The zero-order valence-corrected chi connectivity index (χ0v) is 14.0. The summed E-state index contributed by atoms with van der Waals surface area (Å²) < 4.78 is 39.9. The zero-order valence-electron chi connectivity index (χ0n) is 11.6. The van der Waals surface area contributed by atoms with Gasteiger partial charge in [-0.2, -0.15) is 13.2 Å². The van der Waals surface area contributed by atoms with E-state index in [0.717, 1.165) is 12.8 Å². The van der Waals surface area contributed by atoms with Gasteiger partial charge in [0.1, 0.15) is 6.61 Å². The number of alkyl halides is 3. The predicted octanol–water partition coefficient (Wildman–Crippen LogP) is 2.68. The van der Waals surface area contributed by atoms with Crippen LogP contribution in [0, 0.1) is 0 Å². The number of halogens is 4. The Labute approximate surface area is 134 Å². The molecule has 0 saturated heterocycles. The molecule has 0 aromatic heterocycles. The summed E-state index contributed by atoms with van der Waals surface area (Å²) in [7, 11) is 1.68. The smallest absolute Gasteiger partial charge is 0.372 e. The molecule has 0 amide bonds. The first-order valence-electron chi connectivity index (χ1n) is 6.63. The maximum Gasteiger partial charge on any atom is 0.411 e. The average Bonchev–Trinajstić information content (AvgIpc) is 2.83. The van der Waals surface area contributed by atoms with E-state index in [1.54, 1.807) is 7.05 Å². The molecule has 0 spiro atoms. The highest BCUT2D eigenvalue weighted by atomic mass is 127. The standard InChI is InChI=1S/C12H22F3N3O.HI/c1-16-11(18-10-5-2-3-6-10)17-7-4-8-19-9-12(13,14)15;/h10H,2-9H2,1H3,(H2,16,17,18);1H. The Morgan fingerprint density at radius 1 is 1.30 bits per heavy atom. The average molecular weight is 409 g/mol. The van der Waals surface area contributed by atoms with Crippen molar-refractivity contribution in [3.8, 4) is 0 Å². The molecule has 1 fully saturated rings. The summed E-state index contributed by atoms with van der Waals surface area (Å²) in [6, 6.07) is 0.465. The van der Waals surface area contributed by atoms with E-state index in [9.17, 15) is 13.2 Å². The lowest BCUT2D eigenvalue weighted by molar-refractivity contribution is -0.173. The lowest BCUT2D eigenvalue weighted by Crippen LogP contribution is -2.42. The summed E-state index contributed by atoms with van der Waals surface area (Å²) >= 11 is 0. The van der Waals surface area contributed by atoms with Crippen LogP contribution in [-0.4, -0.2) is 45.0 Å². The molecule has 2 N–H and O–H groups in total. The van der Waals surface area contributed by atoms with E-state index in [4.69, 9.17) is 0 Å². The van der Waals surface area contributed by atoms with Gasteiger partial charge in [0.2, 0.25) is 0 Å². The maximum absolute atomic E-state index is 11.8. The van der Waals surface area contributed by atoms with Crippen molar-refractivity contribution in [1.82, 2.24) is 10.6 Å². The molecule has 1 rings (SSSR count). The van der Waals surface area contributed by atoms with Gasteiger partial charge in [0.15, 0.2) is 5.96 Å². The number of hydrogen-bond donors (Lipinski definition) is 2. The monoisotopic (exact) mass is 409 g/mol. The summed E-state index contributed by atoms with van der Waals surface area (Å²) in [5.74, 6) is 0.711. The minimum atomic E-state index is -4.24. The van der Waals surface area contributed by atoms with Crippen molar-refractivity contribution in [3.05, 3.63) is 0 Å². The second-order valence-corrected chi connectivity index (χ2v) is 4.65. The van der Waals surface area contributed by atoms with Gasteiger partial charge >= 0.3 is 6.18 Å². The summed E-state index contributed by atoms with van der Waals surface area (Å²) in [5, 5.41) is 6.37. The Morgan fingerprint density at radius 3 is 2.50 bits per heavy atom. The van der Waals surface area contributed by atoms with Crippen molar-refractivity contribution in [2.45, 2.75) is 44.3 Å². The molecule has 0 aromatic rings. The van der Waals surface area contributed by atoms with Gasteiger partial charge in [0, 0.05) is 26.2 Å². The van der Waals surface area contributed by atoms with Crippen molar-refractivity contribution < 1.29 is 17.9 Å². The third-order valence-corrected chi connectivity index (χ3v) is 2.94. The second kappa shape index (κ2) is 10.5. The first-order valence-corrected chi connectivity index (χ1v) is 6.63. The van der Waals surface area contributed by atoms with E-state index in [2.05, 4.69) is 20.4 Å². The van der Waals surface area contributed by atoms with Crippen LogP contribution < -0.4 is 10.6 Å². The molecule has 0 aromatic carbocycles. The summed E-state index contributed by atoms with van der Waals surface area (Å²) in [4.78, 5) is 4.08. The van der Waals surface area contributed by atoms with E-state index >= 15 is 0 Å². The number of nitrogens with zero attached hydrogens (tertiary/aromatic N) is 1. The Hall–Kier alpha value is -0.250. The van der Waals surface area contributed by atoms with Crippen LogP contribution in [0.4, 0.5) is 13.2 Å². The molecule has 0 bridgehead atoms. The van der Waals surface area contributed by atoms with E-state index in [-0.39, 0.29) is 30.6 Å². The molecule has 1 saturated carbocycles. The Balaban J connectivity index is 0.00000361. The van der Waals surface area contributed by atoms with Crippen LogP contribution in [0.25, 0.3) is 0 Å². The van der Waals surface area contributed by atoms with Crippen molar-refractivity contribution >= 4 is 29.9 Å². The van der Waals surface area contributed by atoms with Crippen LogP contribution in [0.5, 0.6) is 0 Å². The van der Waals surface area contributed by atoms with Gasteiger partial charge in [-0.05, 0) is 19.3 Å². The summed E-state index contributed by atoms with van der Waals surface area (Å²) in [6.07, 6.45) is 1.04. The molecule has 0 atom stereocenters. The molecule has 120 valence electrons. The Morgan fingerprint density at radius 2 is 1.95 bits per heavy atom. The Kier molecular flexibility index (Phi) is 10.3. The predicted molar refractivity (Wildman–Crippen MR) is 83.7 cm³/mol. The summed E-state index contributed by atoms with van der Waals surface area (Å²) in [6.45, 7) is -0.542. The van der Waals surface area contributed by atoms with E-state index < -0.39 is 12.8 Å². The molecule has 0 heterocycles. The molecular weight excluding hydrogens is 386 g/mol. The second-order valence-electron chi connectivity index (χ2n) is 4.65. The third kappa shape index (κ3) is 9.62. The quantitative estimate of drug-likeness (QED) is 0.307. The molecule has 1 aliphatic carbocycles. The van der Waals surface area contributed by atoms with Gasteiger partial charge in [-0.25, -0.2) is 0 Å². The fourth-order valence-electron chi connectivity index (χ4n) is 2.03. The van der Waals surface area contributed by atoms with E-state index in [0.29, 0.717) is 25.0 Å². The minimum absolute atomic E-state index is 0. The van der Waals surface area contributed by atoms with Crippen molar-refractivity contribution in [2.24, 2.45) is 4.99 Å². The lowest BCUT2D eigenvalue weighted by Gasteiger charge is -2.16. The number of hydrogen-bond acceptors (Lipinski definition) is 2. The molecule has 4 nitrogen and oxygen atoms in total. The third-order valence-electron chi connectivity index (χ3n) is 2.94. The van der Waals surface area contributed by atoms with E-state index in [1.165, 1.54) is 12.8 Å². The molecule has 0 unspecified atom stereocenters. The van der Waals surface area contributed by atoms with Crippen LogP contribution in [0.15, 0.2) is 4.99 Å². The molecule has 8 heteroatoms. The van der Waals surface area contributed by atoms with Crippen molar-refractivity contribution in [2.75, 3.05) is 26.8 Å². The fraction of sp³-hybridized carbons (Fsp3) is 0.917. The van der Waals surface area contributed by atoms with Crippen LogP contribution in [0.1, 0.15) is 32.1 Å². The number of nitrogens with one attached hydrogen (secondary N) is 2. The highest BCUT2D eigenvalue weighted by Gasteiger charge is 2.27. The fourth-order valence-corrected chi connectivity index (χ4v) is 2.03. The summed E-state index contributed by atoms with van der Waals surface area (Å²) in [5.41, 5.74) is 0. The normalized spacial score (nSPS) is 16.9. The van der Waals surface area contributed by atoms with Gasteiger partial charge in [0.25, 0.3) is 0 Å². The van der Waals surface area contributed by atoms with E-state index in [1.807, 2.05) is 0 Å². The van der Waals surface area contributed by atoms with Crippen LogP contribution in [0.2, 0.25) is 0 Å². The molecular formula is C12H23F3IN3O. The van der Waals surface area contributed by atoms with Crippen LogP contribution >= 0.6 is 24.0 Å². The van der Waals surface area contributed by atoms with Gasteiger partial charge in [-0.1, -0.05) is 12.8 Å². The van der Waals surface area contributed by atoms with Crippen molar-refractivity contribution in [3.63, 3.8) is 0 Å². The maximum atomic E-state index is 11.8. The zero-order chi connectivity index (χ0) is 14.1. The lowest BCUT2D eigenvalue weighted by atomic mass is 10.2. The van der Waals surface area contributed by atoms with Crippen LogP contribution in [0.3, 0.4) is 0 Å². The largest absolute Gasteiger partial charge is 0.411 e. The number of ether oxygens (including phenoxy) is 1. The Bertz CT molecular complexity index is 282. The number of aliphatic imine (C=N–C) groups is 1. The SMILES string of the molecule is CN=C(NCCCOCC(F)(F)F)NC1CCCC1.I. The minimum Gasteiger partial charge on any atom is -0.372 e. The number of rotatable bonds is 6. The van der Waals surface area contributed by atoms with Gasteiger partial charge in [0.05, 0.1) is 0 Å².